The molecule has 0 aliphatic carbocycles. The van der Waals surface area contributed by atoms with Crippen LogP contribution < -0.4 is 10.0 Å². The number of amides is 1. The van der Waals surface area contributed by atoms with Crippen molar-refractivity contribution >= 4 is 15.9 Å². The van der Waals surface area contributed by atoms with Gasteiger partial charge in [-0.2, -0.15) is 0 Å². The molecule has 0 fully saturated rings. The lowest BCUT2D eigenvalue weighted by atomic mass is 10.4. The fourth-order valence-corrected chi connectivity index (χ4v) is 3.04. The summed E-state index contributed by atoms with van der Waals surface area (Å²) in [4.78, 5) is 11.9. The molecular formula is C11H17N3O3S. The van der Waals surface area contributed by atoms with Crippen LogP contribution in [0.25, 0.3) is 0 Å². The fourth-order valence-electron chi connectivity index (χ4n) is 1.87. The number of rotatable bonds is 4. The van der Waals surface area contributed by atoms with E-state index in [9.17, 15) is 13.2 Å². The largest absolute Gasteiger partial charge is 0.351 e. The molecule has 18 heavy (non-hydrogen) atoms. The maximum Gasteiger partial charge on any atom is 0.267 e. The van der Waals surface area contributed by atoms with E-state index >= 15 is 0 Å². The summed E-state index contributed by atoms with van der Waals surface area (Å²) in [7, 11) is -3.50. The lowest BCUT2D eigenvalue weighted by Gasteiger charge is -2.02. The van der Waals surface area contributed by atoms with Gasteiger partial charge in [-0.1, -0.05) is 6.92 Å². The number of hydrogen-bond acceptors (Lipinski definition) is 3. The van der Waals surface area contributed by atoms with Gasteiger partial charge in [0.2, 0.25) is 10.0 Å². The van der Waals surface area contributed by atoms with Crippen molar-refractivity contribution in [1.29, 1.82) is 0 Å². The third kappa shape index (κ3) is 2.56. The molecule has 0 bridgehead atoms. The third-order valence-corrected chi connectivity index (χ3v) is 4.25. The molecule has 0 atom stereocenters. The first-order chi connectivity index (χ1) is 8.54. The van der Waals surface area contributed by atoms with Crippen molar-refractivity contribution < 1.29 is 13.2 Å². The van der Waals surface area contributed by atoms with Gasteiger partial charge in [0.1, 0.15) is 10.6 Å². The Morgan fingerprint density at radius 3 is 3.00 bits per heavy atom. The molecule has 1 aromatic heterocycles. The van der Waals surface area contributed by atoms with Crippen LogP contribution in [0.5, 0.6) is 0 Å². The van der Waals surface area contributed by atoms with Crippen molar-refractivity contribution in [3.63, 3.8) is 0 Å². The molecule has 0 radical (unpaired) electrons. The van der Waals surface area contributed by atoms with Crippen LogP contribution in [-0.4, -0.2) is 32.0 Å². The molecule has 0 spiro atoms. The zero-order valence-corrected chi connectivity index (χ0v) is 11.1. The van der Waals surface area contributed by atoms with Gasteiger partial charge in [0.05, 0.1) is 0 Å². The highest BCUT2D eigenvalue weighted by molar-refractivity contribution is 7.89. The molecule has 0 aromatic carbocycles. The number of nitrogens with one attached hydrogen (secondary N) is 2. The molecule has 1 aliphatic heterocycles. The number of nitrogens with zero attached hydrogens (tertiary/aromatic N) is 1. The van der Waals surface area contributed by atoms with Crippen LogP contribution in [0.3, 0.4) is 0 Å². The summed E-state index contributed by atoms with van der Waals surface area (Å²) >= 11 is 0. The van der Waals surface area contributed by atoms with E-state index in [4.69, 9.17) is 0 Å². The van der Waals surface area contributed by atoms with Crippen molar-refractivity contribution in [3.05, 3.63) is 18.0 Å². The van der Waals surface area contributed by atoms with Gasteiger partial charge in [-0.3, -0.25) is 4.79 Å². The summed E-state index contributed by atoms with van der Waals surface area (Å²) in [6.45, 7) is 3.56. The molecular weight excluding hydrogens is 254 g/mol. The Bertz CT molecular complexity index is 548. The molecule has 100 valence electrons. The number of aromatic nitrogens is 1. The van der Waals surface area contributed by atoms with Crippen molar-refractivity contribution in [2.24, 2.45) is 0 Å². The minimum Gasteiger partial charge on any atom is -0.351 e. The zero-order valence-electron chi connectivity index (χ0n) is 10.3. The molecule has 2 heterocycles. The molecule has 2 rings (SSSR count). The summed E-state index contributed by atoms with van der Waals surface area (Å²) in [6.07, 6.45) is 3.06. The topological polar surface area (TPSA) is 80.2 Å². The number of carbonyl (C=O) groups is 1. The molecule has 0 saturated heterocycles. The Labute approximate surface area is 106 Å². The second kappa shape index (κ2) is 5.11. The lowest BCUT2D eigenvalue weighted by molar-refractivity contribution is 0.0951. The number of sulfonamides is 1. The molecule has 2 N–H and O–H groups in total. The predicted molar refractivity (Wildman–Crippen MR) is 66.9 cm³/mol. The number of hydrogen-bond donors (Lipinski definition) is 2. The highest BCUT2D eigenvalue weighted by Crippen LogP contribution is 2.16. The summed E-state index contributed by atoms with van der Waals surface area (Å²) in [5.74, 6) is -0.218. The average molecular weight is 271 g/mol. The molecule has 1 aromatic rings. The number of aryl methyl sites for hydroxylation is 1. The highest BCUT2D eigenvalue weighted by atomic mass is 32.2. The maximum absolute atomic E-state index is 11.9. The van der Waals surface area contributed by atoms with Crippen LogP contribution in [-0.2, 0) is 16.6 Å². The van der Waals surface area contributed by atoms with Gasteiger partial charge in [-0.15, -0.1) is 0 Å². The summed E-state index contributed by atoms with van der Waals surface area (Å²) in [5.41, 5.74) is 0.407. The van der Waals surface area contributed by atoms with Crippen molar-refractivity contribution in [1.82, 2.24) is 14.6 Å². The van der Waals surface area contributed by atoms with E-state index in [0.717, 1.165) is 12.8 Å². The van der Waals surface area contributed by atoms with Crippen molar-refractivity contribution in [2.45, 2.75) is 31.2 Å². The van der Waals surface area contributed by atoms with Gasteiger partial charge in [0.25, 0.3) is 5.91 Å². The van der Waals surface area contributed by atoms with E-state index < -0.39 is 10.0 Å². The summed E-state index contributed by atoms with van der Waals surface area (Å²) < 4.78 is 28.1. The molecule has 0 unspecified atom stereocenters. The van der Waals surface area contributed by atoms with E-state index in [1.54, 1.807) is 4.57 Å². The van der Waals surface area contributed by atoms with Crippen LogP contribution in [0.4, 0.5) is 0 Å². The Morgan fingerprint density at radius 2 is 2.28 bits per heavy atom. The van der Waals surface area contributed by atoms with Crippen LogP contribution in [0.15, 0.2) is 17.2 Å². The van der Waals surface area contributed by atoms with E-state index in [0.29, 0.717) is 25.3 Å². The highest BCUT2D eigenvalue weighted by Gasteiger charge is 2.22. The van der Waals surface area contributed by atoms with E-state index in [-0.39, 0.29) is 10.8 Å². The Morgan fingerprint density at radius 1 is 1.50 bits per heavy atom. The first kappa shape index (κ1) is 13.1. The van der Waals surface area contributed by atoms with E-state index in [1.807, 2.05) is 6.92 Å². The second-order valence-corrected chi connectivity index (χ2v) is 6.03. The SMILES string of the molecule is CCCNS(=O)(=O)c1cc2n(c1)CCCNC2=O. The van der Waals surface area contributed by atoms with Crippen LogP contribution in [0.2, 0.25) is 0 Å². The monoisotopic (exact) mass is 271 g/mol. The van der Waals surface area contributed by atoms with Gasteiger partial charge in [-0.25, -0.2) is 13.1 Å². The minimum absolute atomic E-state index is 0.156. The van der Waals surface area contributed by atoms with Gasteiger partial charge in [0.15, 0.2) is 0 Å². The molecule has 1 amide bonds. The predicted octanol–water partition coefficient (Wildman–Crippen LogP) is 0.310. The van der Waals surface area contributed by atoms with E-state index in [2.05, 4.69) is 10.0 Å². The second-order valence-electron chi connectivity index (χ2n) is 4.26. The average Bonchev–Trinajstić information content (AvgIpc) is 2.70. The maximum atomic E-state index is 11.9. The zero-order chi connectivity index (χ0) is 13.2. The van der Waals surface area contributed by atoms with Gasteiger partial charge >= 0.3 is 0 Å². The Balaban J connectivity index is 2.32. The summed E-state index contributed by atoms with van der Waals surface area (Å²) in [5, 5.41) is 2.73. The van der Waals surface area contributed by atoms with Gasteiger partial charge < -0.3 is 9.88 Å². The lowest BCUT2D eigenvalue weighted by Crippen LogP contribution is -2.24. The smallest absolute Gasteiger partial charge is 0.267 e. The van der Waals surface area contributed by atoms with Crippen molar-refractivity contribution in [3.8, 4) is 0 Å². The molecule has 7 heteroatoms. The molecule has 0 saturated carbocycles. The quantitative estimate of drug-likeness (QED) is 0.827. The van der Waals surface area contributed by atoms with Gasteiger partial charge in [0, 0.05) is 25.8 Å². The first-order valence-corrected chi connectivity index (χ1v) is 7.51. The minimum atomic E-state index is -3.50. The number of carbonyl (C=O) groups excluding carboxylic acids is 1. The molecule has 6 nitrogen and oxygen atoms in total. The van der Waals surface area contributed by atoms with Gasteiger partial charge in [-0.05, 0) is 18.9 Å². The molecule has 1 aliphatic rings. The third-order valence-electron chi connectivity index (χ3n) is 2.82. The van der Waals surface area contributed by atoms with Crippen molar-refractivity contribution in [2.75, 3.05) is 13.1 Å². The van der Waals surface area contributed by atoms with Crippen LogP contribution in [0, 0.1) is 0 Å². The van der Waals surface area contributed by atoms with E-state index in [1.165, 1.54) is 12.3 Å². The summed E-state index contributed by atoms with van der Waals surface area (Å²) in [6, 6.07) is 1.43. The first-order valence-electron chi connectivity index (χ1n) is 6.02. The Hall–Kier alpha value is -1.34. The standard InChI is InChI=1S/C11H17N3O3S/c1-2-4-13-18(16,17)9-7-10-11(15)12-5-3-6-14(10)8-9/h7-8,13H,2-6H2,1H3,(H,12,15). The fraction of sp³-hybridized carbons (Fsp3) is 0.545. The number of fused-ring (bicyclic) bond motifs is 1. The van der Waals surface area contributed by atoms with Crippen LogP contribution >= 0.6 is 0 Å². The Kier molecular flexibility index (Phi) is 3.72. The normalized spacial score (nSPS) is 15.9. The van der Waals surface area contributed by atoms with Crippen LogP contribution in [0.1, 0.15) is 30.3 Å².